The van der Waals surface area contributed by atoms with E-state index in [1.807, 2.05) is 35.2 Å². The summed E-state index contributed by atoms with van der Waals surface area (Å²) in [7, 11) is 0. The number of halogens is 1. The average molecular weight is 385 g/mol. The predicted octanol–water partition coefficient (Wildman–Crippen LogP) is 3.47. The number of benzene rings is 2. The molecule has 1 amide bonds. The molecular weight excluding hydrogens is 364 g/mol. The Kier molecular flexibility index (Phi) is 3.93. The predicted molar refractivity (Wildman–Crippen MR) is 104 cm³/mol. The molecule has 0 unspecified atom stereocenters. The normalized spacial score (nSPS) is 22.3. The van der Waals surface area contributed by atoms with Gasteiger partial charge in [0.05, 0.1) is 0 Å². The first kappa shape index (κ1) is 16.8. The summed E-state index contributed by atoms with van der Waals surface area (Å²) >= 11 is 6.23. The lowest BCUT2D eigenvalue weighted by Gasteiger charge is -2.40. The van der Waals surface area contributed by atoms with Crippen LogP contribution in [0.25, 0.3) is 0 Å². The molecule has 0 saturated carbocycles. The SMILES string of the molecule is O=C([C@H]1COc2ccccc2O1)N1CCC2(CC1)CNc1ccc(Cl)cc12. The quantitative estimate of drug-likeness (QED) is 0.818. The van der Waals surface area contributed by atoms with Gasteiger partial charge in [0.25, 0.3) is 5.91 Å². The van der Waals surface area contributed by atoms with E-state index in [1.165, 1.54) is 11.3 Å². The third kappa shape index (κ3) is 2.81. The molecule has 1 spiro atoms. The highest BCUT2D eigenvalue weighted by molar-refractivity contribution is 6.30. The van der Waals surface area contributed by atoms with E-state index >= 15 is 0 Å². The van der Waals surface area contributed by atoms with Gasteiger partial charge >= 0.3 is 0 Å². The van der Waals surface area contributed by atoms with Gasteiger partial charge in [0.15, 0.2) is 11.5 Å². The molecule has 0 bridgehead atoms. The van der Waals surface area contributed by atoms with Crippen LogP contribution in [0.3, 0.4) is 0 Å². The standard InChI is InChI=1S/C21H21ClN2O3/c22-14-5-6-16-15(11-14)21(13-23-16)7-9-24(10-8-21)20(25)19-12-26-17-3-1-2-4-18(17)27-19/h1-6,11,19,23H,7-10,12-13H2/t19-/m1/s1. The van der Waals surface area contributed by atoms with Crippen LogP contribution in [0, 0.1) is 0 Å². The second kappa shape index (κ2) is 6.34. The van der Waals surface area contributed by atoms with Gasteiger partial charge < -0.3 is 19.7 Å². The van der Waals surface area contributed by atoms with E-state index in [-0.39, 0.29) is 17.9 Å². The molecule has 140 valence electrons. The summed E-state index contributed by atoms with van der Waals surface area (Å²) < 4.78 is 11.6. The van der Waals surface area contributed by atoms with Crippen molar-refractivity contribution < 1.29 is 14.3 Å². The second-order valence-electron chi connectivity index (χ2n) is 7.51. The van der Waals surface area contributed by atoms with Gasteiger partial charge in [-0.2, -0.15) is 0 Å². The zero-order chi connectivity index (χ0) is 18.4. The molecule has 1 N–H and O–H groups in total. The number of ether oxygens (including phenoxy) is 2. The van der Waals surface area contributed by atoms with Gasteiger partial charge in [-0.15, -0.1) is 0 Å². The number of nitrogens with zero attached hydrogens (tertiary/aromatic N) is 1. The van der Waals surface area contributed by atoms with Crippen molar-refractivity contribution in [3.05, 3.63) is 53.1 Å². The maximum Gasteiger partial charge on any atom is 0.267 e. The van der Waals surface area contributed by atoms with Crippen molar-refractivity contribution in [2.45, 2.75) is 24.4 Å². The van der Waals surface area contributed by atoms with E-state index in [0.717, 1.165) is 24.4 Å². The van der Waals surface area contributed by atoms with E-state index in [0.29, 0.717) is 24.6 Å². The van der Waals surface area contributed by atoms with Crippen LogP contribution in [0.2, 0.25) is 5.02 Å². The first-order chi connectivity index (χ1) is 13.1. The maximum absolute atomic E-state index is 13.0. The molecule has 0 aliphatic carbocycles. The Labute approximate surface area is 163 Å². The molecule has 2 aromatic carbocycles. The zero-order valence-corrected chi connectivity index (χ0v) is 15.7. The smallest absolute Gasteiger partial charge is 0.267 e. The second-order valence-corrected chi connectivity index (χ2v) is 7.95. The summed E-state index contributed by atoms with van der Waals surface area (Å²) in [5.41, 5.74) is 2.51. The van der Waals surface area contributed by atoms with E-state index < -0.39 is 6.10 Å². The molecule has 3 heterocycles. The average Bonchev–Trinajstić information content (AvgIpc) is 3.05. The number of nitrogens with one attached hydrogen (secondary N) is 1. The number of fused-ring (bicyclic) bond motifs is 3. The number of hydrogen-bond acceptors (Lipinski definition) is 4. The van der Waals surface area contributed by atoms with E-state index in [1.54, 1.807) is 0 Å². The number of carbonyl (C=O) groups excluding carboxylic acids is 1. The van der Waals surface area contributed by atoms with E-state index in [9.17, 15) is 4.79 Å². The fourth-order valence-corrected chi connectivity index (χ4v) is 4.59. The van der Waals surface area contributed by atoms with Crippen LogP contribution in [-0.2, 0) is 10.2 Å². The van der Waals surface area contributed by atoms with Crippen LogP contribution in [0.4, 0.5) is 5.69 Å². The molecule has 1 fully saturated rings. The summed E-state index contributed by atoms with van der Waals surface area (Å²) in [6, 6.07) is 13.5. The Morgan fingerprint density at radius 3 is 2.74 bits per heavy atom. The lowest BCUT2D eigenvalue weighted by Crippen LogP contribution is -2.52. The van der Waals surface area contributed by atoms with Crippen LogP contribution in [0.1, 0.15) is 18.4 Å². The topological polar surface area (TPSA) is 50.8 Å². The third-order valence-corrected chi connectivity index (χ3v) is 6.22. The third-order valence-electron chi connectivity index (χ3n) is 5.99. The van der Waals surface area contributed by atoms with E-state index in [2.05, 4.69) is 17.4 Å². The molecule has 2 aromatic rings. The zero-order valence-electron chi connectivity index (χ0n) is 14.9. The van der Waals surface area contributed by atoms with Gasteiger partial charge in [0.2, 0.25) is 6.10 Å². The largest absolute Gasteiger partial charge is 0.485 e. The van der Waals surface area contributed by atoms with Crippen LogP contribution >= 0.6 is 11.6 Å². The minimum atomic E-state index is -0.572. The Morgan fingerprint density at radius 2 is 1.93 bits per heavy atom. The minimum Gasteiger partial charge on any atom is -0.485 e. The number of anilines is 1. The van der Waals surface area contributed by atoms with Crippen LogP contribution < -0.4 is 14.8 Å². The summed E-state index contributed by atoms with van der Waals surface area (Å²) in [5.74, 6) is 1.35. The summed E-state index contributed by atoms with van der Waals surface area (Å²) in [4.78, 5) is 14.9. The number of likely N-dealkylation sites (tertiary alicyclic amines) is 1. The fraction of sp³-hybridized carbons (Fsp3) is 0.381. The van der Waals surface area contributed by atoms with Gasteiger partial charge in [-0.1, -0.05) is 23.7 Å². The molecule has 6 heteroatoms. The van der Waals surface area contributed by atoms with Crippen molar-refractivity contribution in [1.82, 2.24) is 4.90 Å². The highest BCUT2D eigenvalue weighted by Gasteiger charge is 2.43. The number of rotatable bonds is 1. The maximum atomic E-state index is 13.0. The summed E-state index contributed by atoms with van der Waals surface area (Å²) in [6.07, 6.45) is 1.27. The highest BCUT2D eigenvalue weighted by Crippen LogP contribution is 2.45. The van der Waals surface area contributed by atoms with Gasteiger partial charge in [-0.05, 0) is 48.7 Å². The van der Waals surface area contributed by atoms with Gasteiger partial charge in [-0.25, -0.2) is 0 Å². The Morgan fingerprint density at radius 1 is 1.15 bits per heavy atom. The van der Waals surface area contributed by atoms with Gasteiger partial charge in [0.1, 0.15) is 6.61 Å². The van der Waals surface area contributed by atoms with Crippen molar-refractivity contribution in [3.63, 3.8) is 0 Å². The van der Waals surface area contributed by atoms with Gasteiger partial charge in [-0.3, -0.25) is 4.79 Å². The number of para-hydroxylation sites is 2. The number of hydrogen-bond donors (Lipinski definition) is 1. The van der Waals surface area contributed by atoms with E-state index in [4.69, 9.17) is 21.1 Å². The number of carbonyl (C=O) groups is 1. The van der Waals surface area contributed by atoms with Crippen LogP contribution in [-0.4, -0.2) is 43.2 Å². The molecule has 3 aliphatic rings. The molecule has 0 aromatic heterocycles. The van der Waals surface area contributed by atoms with Crippen molar-refractivity contribution in [1.29, 1.82) is 0 Å². The molecule has 0 radical (unpaired) electrons. The van der Waals surface area contributed by atoms with Crippen molar-refractivity contribution in [3.8, 4) is 11.5 Å². The molecule has 1 atom stereocenters. The monoisotopic (exact) mass is 384 g/mol. The minimum absolute atomic E-state index is 0.0108. The Balaban J connectivity index is 1.28. The molecule has 1 saturated heterocycles. The number of amides is 1. The Hall–Kier alpha value is -2.40. The lowest BCUT2D eigenvalue weighted by atomic mass is 9.74. The number of piperidine rings is 1. The molecule has 3 aliphatic heterocycles. The first-order valence-corrected chi connectivity index (χ1v) is 9.74. The van der Waals surface area contributed by atoms with Gasteiger partial charge in [0, 0.05) is 35.8 Å². The first-order valence-electron chi connectivity index (χ1n) is 9.36. The van der Waals surface area contributed by atoms with Crippen LogP contribution in [0.15, 0.2) is 42.5 Å². The van der Waals surface area contributed by atoms with Crippen molar-refractivity contribution in [2.75, 3.05) is 31.6 Å². The molecule has 27 heavy (non-hydrogen) atoms. The molecule has 5 nitrogen and oxygen atoms in total. The molecular formula is C21H21ClN2O3. The highest BCUT2D eigenvalue weighted by atomic mass is 35.5. The fourth-order valence-electron chi connectivity index (χ4n) is 4.42. The molecule has 5 rings (SSSR count). The Bertz CT molecular complexity index is 893. The summed E-state index contributed by atoms with van der Waals surface area (Å²) in [5, 5.41) is 4.27. The van der Waals surface area contributed by atoms with Crippen molar-refractivity contribution in [2.24, 2.45) is 0 Å². The lowest BCUT2D eigenvalue weighted by molar-refractivity contribution is -0.142. The summed E-state index contributed by atoms with van der Waals surface area (Å²) in [6.45, 7) is 2.60. The van der Waals surface area contributed by atoms with Crippen LogP contribution in [0.5, 0.6) is 11.5 Å². The van der Waals surface area contributed by atoms with Crippen molar-refractivity contribution >= 4 is 23.2 Å².